The van der Waals surface area contributed by atoms with E-state index in [1.165, 1.54) is 12.1 Å². The minimum Gasteiger partial charge on any atom is -0.508 e. The van der Waals surface area contributed by atoms with E-state index in [4.69, 9.17) is 0 Å². The van der Waals surface area contributed by atoms with Crippen LogP contribution in [0, 0.1) is 0 Å². The van der Waals surface area contributed by atoms with Gasteiger partial charge < -0.3 is 10.1 Å². The van der Waals surface area contributed by atoms with Crippen LogP contribution in [-0.2, 0) is 0 Å². The van der Waals surface area contributed by atoms with Gasteiger partial charge in [0.1, 0.15) is 5.75 Å². The fourth-order valence-electron chi connectivity index (χ4n) is 1.80. The molecule has 0 saturated carbocycles. The van der Waals surface area contributed by atoms with Crippen molar-refractivity contribution in [3.63, 3.8) is 0 Å². The van der Waals surface area contributed by atoms with Crippen LogP contribution in [0.4, 0.5) is 5.95 Å². The zero-order valence-corrected chi connectivity index (χ0v) is 9.92. The van der Waals surface area contributed by atoms with Gasteiger partial charge in [-0.3, -0.25) is 10.1 Å². The average Bonchev–Trinajstić information content (AvgIpc) is 2.81. The molecule has 0 aliphatic rings. The van der Waals surface area contributed by atoms with Crippen LogP contribution in [0.2, 0.25) is 0 Å². The lowest BCUT2D eigenvalue weighted by Gasteiger charge is -2.01. The molecule has 0 spiro atoms. The number of H-pyrrole nitrogens is 1. The van der Waals surface area contributed by atoms with E-state index in [0.29, 0.717) is 11.5 Å². The minimum atomic E-state index is -0.279. The molecule has 0 aliphatic carbocycles. The molecular formula is C14H11N3O2. The summed E-state index contributed by atoms with van der Waals surface area (Å²) in [5, 5.41) is 11.9. The second-order valence-electron chi connectivity index (χ2n) is 4.10. The van der Waals surface area contributed by atoms with Gasteiger partial charge in [0.2, 0.25) is 5.95 Å². The number of hydrogen-bond donors (Lipinski definition) is 3. The van der Waals surface area contributed by atoms with Gasteiger partial charge in [-0.25, -0.2) is 4.98 Å². The molecule has 94 valence electrons. The lowest BCUT2D eigenvalue weighted by Crippen LogP contribution is -2.12. The van der Waals surface area contributed by atoms with Gasteiger partial charge in [-0.15, -0.1) is 0 Å². The highest BCUT2D eigenvalue weighted by Gasteiger charge is 2.08. The number of anilines is 1. The second kappa shape index (κ2) is 4.45. The van der Waals surface area contributed by atoms with Crippen molar-refractivity contribution in [3.8, 4) is 5.75 Å². The summed E-state index contributed by atoms with van der Waals surface area (Å²) < 4.78 is 0. The first-order valence-electron chi connectivity index (χ1n) is 5.77. The van der Waals surface area contributed by atoms with Gasteiger partial charge in [0, 0.05) is 5.56 Å². The molecule has 0 radical (unpaired) electrons. The van der Waals surface area contributed by atoms with E-state index in [2.05, 4.69) is 15.3 Å². The number of benzene rings is 2. The summed E-state index contributed by atoms with van der Waals surface area (Å²) in [5.41, 5.74) is 2.12. The fraction of sp³-hybridized carbons (Fsp3) is 0. The monoisotopic (exact) mass is 253 g/mol. The Morgan fingerprint density at radius 3 is 2.58 bits per heavy atom. The van der Waals surface area contributed by atoms with E-state index >= 15 is 0 Å². The van der Waals surface area contributed by atoms with Crippen molar-refractivity contribution >= 4 is 22.9 Å². The van der Waals surface area contributed by atoms with Crippen LogP contribution in [0.25, 0.3) is 11.0 Å². The Bertz CT molecular complexity index is 699. The number of aromatic amines is 1. The summed E-state index contributed by atoms with van der Waals surface area (Å²) in [4.78, 5) is 19.2. The van der Waals surface area contributed by atoms with Crippen LogP contribution < -0.4 is 5.32 Å². The number of phenolic OH excluding ortho intramolecular Hbond substituents is 1. The van der Waals surface area contributed by atoms with Crippen molar-refractivity contribution in [2.24, 2.45) is 0 Å². The molecule has 5 nitrogen and oxygen atoms in total. The number of hydrogen-bond acceptors (Lipinski definition) is 3. The van der Waals surface area contributed by atoms with Crippen LogP contribution in [0.5, 0.6) is 5.75 Å². The maximum atomic E-state index is 11.9. The molecule has 1 amide bonds. The standard InChI is InChI=1S/C14H11N3O2/c18-10-7-5-9(6-8-10)13(19)17-14-15-11-3-1-2-4-12(11)16-14/h1-8,18H,(H2,15,16,17,19). The van der Waals surface area contributed by atoms with Crippen molar-refractivity contribution in [3.05, 3.63) is 54.1 Å². The van der Waals surface area contributed by atoms with Crippen LogP contribution in [-0.4, -0.2) is 21.0 Å². The third-order valence-electron chi connectivity index (χ3n) is 2.75. The molecule has 5 heteroatoms. The van der Waals surface area contributed by atoms with Crippen molar-refractivity contribution < 1.29 is 9.90 Å². The molecule has 0 aliphatic heterocycles. The van der Waals surface area contributed by atoms with E-state index in [0.717, 1.165) is 11.0 Å². The number of nitrogens with one attached hydrogen (secondary N) is 2. The predicted octanol–water partition coefficient (Wildman–Crippen LogP) is 2.52. The molecule has 3 aromatic rings. The van der Waals surface area contributed by atoms with Gasteiger partial charge in [-0.1, -0.05) is 12.1 Å². The summed E-state index contributed by atoms with van der Waals surface area (Å²) in [6.45, 7) is 0. The molecular weight excluding hydrogens is 242 g/mol. The molecule has 0 atom stereocenters. The number of aromatic hydroxyl groups is 1. The summed E-state index contributed by atoms with van der Waals surface area (Å²) in [7, 11) is 0. The molecule has 19 heavy (non-hydrogen) atoms. The lowest BCUT2D eigenvalue weighted by atomic mass is 10.2. The quantitative estimate of drug-likeness (QED) is 0.656. The van der Waals surface area contributed by atoms with E-state index in [9.17, 15) is 9.90 Å². The van der Waals surface area contributed by atoms with Gasteiger partial charge in [0.05, 0.1) is 11.0 Å². The summed E-state index contributed by atoms with van der Waals surface area (Å²) >= 11 is 0. The van der Waals surface area contributed by atoms with E-state index in [-0.39, 0.29) is 11.7 Å². The van der Waals surface area contributed by atoms with Gasteiger partial charge in [-0.2, -0.15) is 0 Å². The number of phenols is 1. The minimum absolute atomic E-state index is 0.125. The van der Waals surface area contributed by atoms with Crippen molar-refractivity contribution in [1.82, 2.24) is 9.97 Å². The highest BCUT2D eigenvalue weighted by atomic mass is 16.3. The van der Waals surface area contributed by atoms with Gasteiger partial charge >= 0.3 is 0 Å². The first-order valence-corrected chi connectivity index (χ1v) is 5.77. The maximum Gasteiger partial charge on any atom is 0.257 e. The molecule has 3 rings (SSSR count). The SMILES string of the molecule is O=C(Nc1nc2ccccc2[nH]1)c1ccc(O)cc1. The first-order chi connectivity index (χ1) is 9.22. The van der Waals surface area contributed by atoms with Crippen LogP contribution in [0.1, 0.15) is 10.4 Å². The zero-order chi connectivity index (χ0) is 13.2. The molecule has 0 fully saturated rings. The summed E-state index contributed by atoms with van der Waals surface area (Å²) in [5.74, 6) is 0.249. The van der Waals surface area contributed by atoms with Crippen LogP contribution >= 0.6 is 0 Å². The third-order valence-corrected chi connectivity index (χ3v) is 2.75. The van der Waals surface area contributed by atoms with Crippen molar-refractivity contribution in [1.29, 1.82) is 0 Å². The number of carbonyl (C=O) groups excluding carboxylic acids is 1. The Balaban J connectivity index is 1.84. The summed E-state index contributed by atoms with van der Waals surface area (Å²) in [6.07, 6.45) is 0. The Hall–Kier alpha value is -2.82. The number of para-hydroxylation sites is 2. The Labute approximate surface area is 108 Å². The van der Waals surface area contributed by atoms with Crippen molar-refractivity contribution in [2.45, 2.75) is 0 Å². The normalized spacial score (nSPS) is 10.5. The Morgan fingerprint density at radius 1 is 1.11 bits per heavy atom. The van der Waals surface area contributed by atoms with E-state index in [1.807, 2.05) is 24.3 Å². The van der Waals surface area contributed by atoms with Gasteiger partial charge in [-0.05, 0) is 36.4 Å². The highest BCUT2D eigenvalue weighted by Crippen LogP contribution is 2.15. The van der Waals surface area contributed by atoms with E-state index in [1.54, 1.807) is 12.1 Å². The molecule has 0 bridgehead atoms. The second-order valence-corrected chi connectivity index (χ2v) is 4.10. The largest absolute Gasteiger partial charge is 0.508 e. The molecule has 1 heterocycles. The van der Waals surface area contributed by atoms with Crippen molar-refractivity contribution in [2.75, 3.05) is 5.32 Å². The molecule has 2 aromatic carbocycles. The average molecular weight is 253 g/mol. The number of carbonyl (C=O) groups is 1. The predicted molar refractivity (Wildman–Crippen MR) is 72.2 cm³/mol. The zero-order valence-electron chi connectivity index (χ0n) is 9.92. The van der Waals surface area contributed by atoms with Crippen LogP contribution in [0.15, 0.2) is 48.5 Å². The van der Waals surface area contributed by atoms with E-state index < -0.39 is 0 Å². The number of rotatable bonds is 2. The Kier molecular flexibility index (Phi) is 2.64. The lowest BCUT2D eigenvalue weighted by molar-refractivity contribution is 0.102. The molecule has 0 unspecified atom stereocenters. The fourth-order valence-corrected chi connectivity index (χ4v) is 1.80. The number of fused-ring (bicyclic) bond motifs is 1. The number of nitrogens with zero attached hydrogens (tertiary/aromatic N) is 1. The van der Waals surface area contributed by atoms with Crippen LogP contribution in [0.3, 0.4) is 0 Å². The highest BCUT2D eigenvalue weighted by molar-refractivity contribution is 6.04. The number of imidazole rings is 1. The first kappa shape index (κ1) is 11.3. The number of aromatic nitrogens is 2. The molecule has 1 aromatic heterocycles. The smallest absolute Gasteiger partial charge is 0.257 e. The molecule has 0 saturated heterocycles. The summed E-state index contributed by atoms with van der Waals surface area (Å²) in [6, 6.07) is 13.6. The molecule has 3 N–H and O–H groups in total. The van der Waals surface area contributed by atoms with Gasteiger partial charge in [0.15, 0.2) is 0 Å². The Morgan fingerprint density at radius 2 is 1.84 bits per heavy atom. The van der Waals surface area contributed by atoms with Gasteiger partial charge in [0.25, 0.3) is 5.91 Å². The maximum absolute atomic E-state index is 11.9. The number of amides is 1. The topological polar surface area (TPSA) is 78.0 Å². The third kappa shape index (κ3) is 2.26.